The number of unbranched alkanes of at least 4 members (excludes halogenated alkanes) is 24. The van der Waals surface area contributed by atoms with E-state index in [1.807, 2.05) is 0 Å². The predicted molar refractivity (Wildman–Crippen MR) is 144 cm³/mol. The van der Waals surface area contributed by atoms with Crippen molar-refractivity contribution in [3.63, 3.8) is 0 Å². The van der Waals surface area contributed by atoms with Crippen LogP contribution >= 0.6 is 0 Å². The summed E-state index contributed by atoms with van der Waals surface area (Å²) in [6, 6.07) is 0. The monoisotopic (exact) mass is 452 g/mol. The molecule has 0 saturated heterocycles. The molecule has 0 amide bonds. The minimum Gasteiger partial charge on any atom is -0.303 e. The second kappa shape index (κ2) is 34.9. The van der Waals surface area contributed by atoms with Crippen LogP contribution in [0.4, 0.5) is 0 Å². The zero-order chi connectivity index (χ0) is 23.8. The normalized spacial score (nSPS) is 10.6. The van der Waals surface area contributed by atoms with Crippen molar-refractivity contribution in [1.29, 1.82) is 0 Å². The van der Waals surface area contributed by atoms with Crippen LogP contribution in [0.5, 0.6) is 0 Å². The van der Waals surface area contributed by atoms with Crippen LogP contribution in [0.3, 0.4) is 0 Å². The number of rotatable bonds is 26. The first-order valence-corrected chi connectivity index (χ1v) is 14.7. The van der Waals surface area contributed by atoms with Crippen LogP contribution in [0.15, 0.2) is 0 Å². The van der Waals surface area contributed by atoms with Gasteiger partial charge in [-0.1, -0.05) is 155 Å². The van der Waals surface area contributed by atoms with Crippen molar-refractivity contribution in [3.8, 4) is 0 Å². The molecule has 32 heavy (non-hydrogen) atoms. The van der Waals surface area contributed by atoms with E-state index < -0.39 is 0 Å². The lowest BCUT2D eigenvalue weighted by molar-refractivity contribution is -0.108. The molecule has 0 heterocycles. The van der Waals surface area contributed by atoms with Crippen LogP contribution in [0, 0.1) is 0 Å². The minimum absolute atomic E-state index is 0.761. The molecule has 0 spiro atoms. The highest BCUT2D eigenvalue weighted by Crippen LogP contribution is 2.13. The van der Waals surface area contributed by atoms with E-state index in [1.54, 1.807) is 0 Å². The van der Waals surface area contributed by atoms with Gasteiger partial charge in [0, 0.05) is 12.8 Å². The van der Waals surface area contributed by atoms with Crippen molar-refractivity contribution < 1.29 is 9.59 Å². The summed E-state index contributed by atoms with van der Waals surface area (Å²) in [6.45, 7) is 4.54. The fourth-order valence-electron chi connectivity index (χ4n) is 4.14. The standard InChI is InChI=1S/2C15H30O/c2*1-2-3-4-5-6-7-8-9-10-11-12-13-14-15-16/h2*15H,2-14H2,1H3. The summed E-state index contributed by atoms with van der Waals surface area (Å²) in [5, 5.41) is 0. The van der Waals surface area contributed by atoms with Gasteiger partial charge in [-0.25, -0.2) is 0 Å². The quantitative estimate of drug-likeness (QED) is 0.0965. The van der Waals surface area contributed by atoms with Crippen LogP contribution < -0.4 is 0 Å². The van der Waals surface area contributed by atoms with E-state index in [9.17, 15) is 9.59 Å². The summed E-state index contributed by atoms with van der Waals surface area (Å²) < 4.78 is 0. The first-order valence-electron chi connectivity index (χ1n) is 14.7. The van der Waals surface area contributed by atoms with Crippen molar-refractivity contribution in [1.82, 2.24) is 0 Å². The van der Waals surface area contributed by atoms with E-state index in [-0.39, 0.29) is 0 Å². The van der Waals surface area contributed by atoms with Crippen LogP contribution in [-0.4, -0.2) is 12.6 Å². The van der Waals surface area contributed by atoms with Gasteiger partial charge in [-0.3, -0.25) is 0 Å². The smallest absolute Gasteiger partial charge is 0.119 e. The molecule has 0 N–H and O–H groups in total. The lowest BCUT2D eigenvalue weighted by Gasteiger charge is -2.01. The Hall–Kier alpha value is -0.660. The molecule has 0 aromatic heterocycles. The van der Waals surface area contributed by atoms with Gasteiger partial charge in [0.05, 0.1) is 0 Å². The third-order valence-corrected chi connectivity index (χ3v) is 6.35. The molecule has 0 saturated carbocycles. The van der Waals surface area contributed by atoms with Gasteiger partial charge in [-0.15, -0.1) is 0 Å². The van der Waals surface area contributed by atoms with Crippen molar-refractivity contribution >= 4 is 12.6 Å². The maximum atomic E-state index is 10.1. The van der Waals surface area contributed by atoms with Gasteiger partial charge in [-0.2, -0.15) is 0 Å². The van der Waals surface area contributed by atoms with Gasteiger partial charge in [0.2, 0.25) is 0 Å². The molecule has 2 heteroatoms. The number of hydrogen-bond acceptors (Lipinski definition) is 2. The van der Waals surface area contributed by atoms with Gasteiger partial charge >= 0.3 is 0 Å². The van der Waals surface area contributed by atoms with Gasteiger partial charge in [0.15, 0.2) is 0 Å². The molecular weight excluding hydrogens is 392 g/mol. The number of carbonyl (C=O) groups excluding carboxylic acids is 2. The van der Waals surface area contributed by atoms with Crippen LogP contribution in [0.25, 0.3) is 0 Å². The molecule has 0 unspecified atom stereocenters. The van der Waals surface area contributed by atoms with E-state index >= 15 is 0 Å². The molecule has 0 radical (unpaired) electrons. The zero-order valence-electron chi connectivity index (χ0n) is 22.4. The van der Waals surface area contributed by atoms with Gasteiger partial charge < -0.3 is 9.59 Å². The Morgan fingerprint density at radius 1 is 0.312 bits per heavy atom. The fourth-order valence-corrected chi connectivity index (χ4v) is 4.14. The summed E-state index contributed by atoms with van der Waals surface area (Å²) in [4.78, 5) is 20.2. The number of aldehydes is 2. The Balaban J connectivity index is 0. The Kier molecular flexibility index (Phi) is 36.6. The van der Waals surface area contributed by atoms with Crippen molar-refractivity contribution in [2.75, 3.05) is 0 Å². The molecule has 0 aliphatic heterocycles. The van der Waals surface area contributed by atoms with Crippen molar-refractivity contribution in [3.05, 3.63) is 0 Å². The highest BCUT2D eigenvalue weighted by atomic mass is 16.1. The molecule has 0 fully saturated rings. The molecule has 0 atom stereocenters. The highest BCUT2D eigenvalue weighted by Gasteiger charge is 1.94. The maximum Gasteiger partial charge on any atom is 0.119 e. The van der Waals surface area contributed by atoms with Crippen LogP contribution in [0.2, 0.25) is 0 Å². The van der Waals surface area contributed by atoms with E-state index in [4.69, 9.17) is 0 Å². The average Bonchev–Trinajstić information content (AvgIpc) is 2.81. The Bertz CT molecular complexity index is 295. The second-order valence-corrected chi connectivity index (χ2v) is 9.69. The molecule has 0 aliphatic carbocycles. The largest absolute Gasteiger partial charge is 0.303 e. The summed E-state index contributed by atoms with van der Waals surface area (Å²) in [7, 11) is 0. The SMILES string of the molecule is CCCCCCCCCCCCCCC=O.CCCCCCCCCCCCCCC=O. The Morgan fingerprint density at radius 3 is 0.688 bits per heavy atom. The van der Waals surface area contributed by atoms with E-state index in [1.165, 1.54) is 141 Å². The molecule has 2 nitrogen and oxygen atoms in total. The van der Waals surface area contributed by atoms with Gasteiger partial charge in [0.25, 0.3) is 0 Å². The molecule has 192 valence electrons. The lowest BCUT2D eigenvalue weighted by Crippen LogP contribution is -1.83. The van der Waals surface area contributed by atoms with E-state index in [0.717, 1.165) is 38.3 Å². The molecule has 0 aliphatic rings. The van der Waals surface area contributed by atoms with Crippen molar-refractivity contribution in [2.45, 2.75) is 181 Å². The lowest BCUT2D eigenvalue weighted by atomic mass is 10.0. The third-order valence-electron chi connectivity index (χ3n) is 6.35. The summed E-state index contributed by atoms with van der Waals surface area (Å²) in [5.41, 5.74) is 0. The molecule has 0 aromatic carbocycles. The first kappa shape index (κ1) is 33.5. The molecule has 0 rings (SSSR count). The topological polar surface area (TPSA) is 34.1 Å². The third kappa shape index (κ3) is 36.7. The van der Waals surface area contributed by atoms with Gasteiger partial charge in [-0.05, 0) is 12.8 Å². The zero-order valence-corrected chi connectivity index (χ0v) is 22.4. The highest BCUT2D eigenvalue weighted by molar-refractivity contribution is 5.49. The number of hydrogen-bond donors (Lipinski definition) is 0. The summed E-state index contributed by atoms with van der Waals surface area (Å²) >= 11 is 0. The Labute approximate surface area is 203 Å². The molecule has 0 aromatic rings. The van der Waals surface area contributed by atoms with Crippen molar-refractivity contribution in [2.24, 2.45) is 0 Å². The summed E-state index contributed by atoms with van der Waals surface area (Å²) in [5.74, 6) is 0. The van der Waals surface area contributed by atoms with Gasteiger partial charge in [0.1, 0.15) is 12.6 Å². The first-order chi connectivity index (χ1) is 15.8. The van der Waals surface area contributed by atoms with Crippen LogP contribution in [-0.2, 0) is 9.59 Å². The predicted octanol–water partition coefficient (Wildman–Crippen LogP) is 10.6. The van der Waals surface area contributed by atoms with E-state index in [2.05, 4.69) is 13.8 Å². The number of carbonyl (C=O) groups is 2. The van der Waals surface area contributed by atoms with Crippen LogP contribution in [0.1, 0.15) is 181 Å². The molecule has 0 bridgehead atoms. The maximum absolute atomic E-state index is 10.1. The summed E-state index contributed by atoms with van der Waals surface area (Å²) in [6.07, 6.45) is 36.3. The van der Waals surface area contributed by atoms with E-state index in [0.29, 0.717) is 0 Å². The Morgan fingerprint density at radius 2 is 0.500 bits per heavy atom. The second-order valence-electron chi connectivity index (χ2n) is 9.69. The molecular formula is C30H60O2. The minimum atomic E-state index is 0.761. The average molecular weight is 453 g/mol. The fraction of sp³-hybridized carbons (Fsp3) is 0.933.